The molecular formula is C18H22N3OS2+. The maximum Gasteiger partial charge on any atom is 0.256 e. The van der Waals surface area contributed by atoms with Crippen LogP contribution >= 0.6 is 23.1 Å². The zero-order valence-electron chi connectivity index (χ0n) is 13.9. The SMILES string of the molecule is CC[NH+]1CCc2c(sc3c2C(=O)N[C@@H](c2ccc(SC)cc2)N3)C1. The number of rotatable bonds is 3. The van der Waals surface area contributed by atoms with E-state index in [0.29, 0.717) is 0 Å². The summed E-state index contributed by atoms with van der Waals surface area (Å²) in [5.74, 6) is 0.0696. The Balaban J connectivity index is 1.63. The third-order valence-electron chi connectivity index (χ3n) is 4.96. The zero-order valence-corrected chi connectivity index (χ0v) is 15.6. The largest absolute Gasteiger partial charge is 0.353 e. The minimum Gasteiger partial charge on any atom is -0.353 e. The molecule has 2 aliphatic rings. The Bertz CT molecular complexity index is 769. The highest BCUT2D eigenvalue weighted by Crippen LogP contribution is 2.39. The molecule has 2 aliphatic heterocycles. The molecule has 6 heteroatoms. The molecular weight excluding hydrogens is 338 g/mol. The first-order valence-electron chi connectivity index (χ1n) is 8.39. The van der Waals surface area contributed by atoms with Crippen molar-refractivity contribution in [3.63, 3.8) is 0 Å². The molecule has 2 aromatic rings. The van der Waals surface area contributed by atoms with E-state index >= 15 is 0 Å². The van der Waals surface area contributed by atoms with Crippen molar-refractivity contribution >= 4 is 34.0 Å². The highest BCUT2D eigenvalue weighted by Gasteiger charge is 2.34. The molecule has 126 valence electrons. The Labute approximate surface area is 150 Å². The van der Waals surface area contributed by atoms with Crippen molar-refractivity contribution in [2.75, 3.05) is 24.7 Å². The van der Waals surface area contributed by atoms with E-state index in [0.717, 1.165) is 42.2 Å². The summed E-state index contributed by atoms with van der Waals surface area (Å²) in [4.78, 5) is 16.9. The molecule has 0 saturated heterocycles. The first-order valence-corrected chi connectivity index (χ1v) is 10.4. The minimum atomic E-state index is -0.143. The van der Waals surface area contributed by atoms with Crippen molar-refractivity contribution in [2.24, 2.45) is 0 Å². The van der Waals surface area contributed by atoms with Crippen molar-refractivity contribution in [3.8, 4) is 0 Å². The van der Waals surface area contributed by atoms with Gasteiger partial charge in [-0.3, -0.25) is 4.79 Å². The van der Waals surface area contributed by atoms with Crippen LogP contribution in [0.2, 0.25) is 0 Å². The second kappa shape index (κ2) is 6.43. The van der Waals surface area contributed by atoms with E-state index < -0.39 is 0 Å². The molecule has 1 unspecified atom stereocenters. The van der Waals surface area contributed by atoms with E-state index in [4.69, 9.17) is 0 Å². The van der Waals surface area contributed by atoms with Crippen LogP contribution in [-0.4, -0.2) is 25.3 Å². The van der Waals surface area contributed by atoms with Crippen LogP contribution in [0.25, 0.3) is 0 Å². The summed E-state index contributed by atoms with van der Waals surface area (Å²) in [6.45, 7) is 5.55. The fourth-order valence-electron chi connectivity index (χ4n) is 3.51. The fourth-order valence-corrected chi connectivity index (χ4v) is 5.27. The van der Waals surface area contributed by atoms with E-state index in [1.54, 1.807) is 28.0 Å². The number of thiophene rings is 1. The number of amides is 1. The van der Waals surface area contributed by atoms with Crippen LogP contribution in [0.5, 0.6) is 0 Å². The van der Waals surface area contributed by atoms with Crippen LogP contribution in [0.4, 0.5) is 5.00 Å². The van der Waals surface area contributed by atoms with E-state index in [2.05, 4.69) is 48.1 Å². The van der Waals surface area contributed by atoms with Crippen LogP contribution in [0.1, 0.15) is 39.5 Å². The molecule has 0 fully saturated rings. The third-order valence-corrected chi connectivity index (χ3v) is 6.86. The van der Waals surface area contributed by atoms with Gasteiger partial charge in [0.25, 0.3) is 5.91 Å². The van der Waals surface area contributed by atoms with Crippen LogP contribution < -0.4 is 15.5 Å². The van der Waals surface area contributed by atoms with Gasteiger partial charge in [-0.05, 0) is 36.4 Å². The Morgan fingerprint density at radius 1 is 1.29 bits per heavy atom. The first-order chi connectivity index (χ1) is 11.7. The molecule has 0 aliphatic carbocycles. The van der Waals surface area contributed by atoms with Gasteiger partial charge in [-0.1, -0.05) is 12.1 Å². The maximum atomic E-state index is 12.7. The van der Waals surface area contributed by atoms with Gasteiger partial charge in [0.15, 0.2) is 0 Å². The van der Waals surface area contributed by atoms with E-state index in [1.807, 2.05) is 0 Å². The van der Waals surface area contributed by atoms with Gasteiger partial charge in [0.1, 0.15) is 17.7 Å². The molecule has 0 radical (unpaired) electrons. The highest BCUT2D eigenvalue weighted by molar-refractivity contribution is 7.98. The number of carbonyl (C=O) groups is 1. The molecule has 0 spiro atoms. The lowest BCUT2D eigenvalue weighted by atomic mass is 10.0. The number of fused-ring (bicyclic) bond motifs is 3. The molecule has 2 atom stereocenters. The molecule has 1 aromatic carbocycles. The van der Waals surface area contributed by atoms with E-state index in [1.165, 1.54) is 15.3 Å². The van der Waals surface area contributed by atoms with Crippen molar-refractivity contribution in [2.45, 2.75) is 31.0 Å². The van der Waals surface area contributed by atoms with Gasteiger partial charge in [0, 0.05) is 11.3 Å². The molecule has 24 heavy (non-hydrogen) atoms. The average molecular weight is 361 g/mol. The number of quaternary nitrogens is 1. The van der Waals surface area contributed by atoms with Crippen LogP contribution in [-0.2, 0) is 13.0 Å². The van der Waals surface area contributed by atoms with Gasteiger partial charge in [-0.2, -0.15) is 0 Å². The molecule has 3 heterocycles. The third kappa shape index (κ3) is 2.72. The standard InChI is InChI=1S/C18H21N3OS2/c1-3-21-9-8-13-14(10-21)24-18-15(13)17(22)19-16(20-18)11-4-6-12(23-2)7-5-11/h4-7,16,20H,3,8-10H2,1-2H3,(H,19,22)/p+1/t16-/m1/s1. The summed E-state index contributed by atoms with van der Waals surface area (Å²) in [6.07, 6.45) is 2.93. The van der Waals surface area contributed by atoms with Crippen LogP contribution in [0.3, 0.4) is 0 Å². The summed E-state index contributed by atoms with van der Waals surface area (Å²) < 4.78 is 0. The van der Waals surface area contributed by atoms with E-state index in [-0.39, 0.29) is 12.1 Å². The summed E-state index contributed by atoms with van der Waals surface area (Å²) in [5.41, 5.74) is 3.26. The summed E-state index contributed by atoms with van der Waals surface area (Å²) in [5, 5.41) is 7.71. The van der Waals surface area contributed by atoms with Gasteiger partial charge >= 0.3 is 0 Å². The Kier molecular flexibility index (Phi) is 4.28. The van der Waals surface area contributed by atoms with Crippen LogP contribution in [0.15, 0.2) is 29.2 Å². The number of nitrogens with one attached hydrogen (secondary N) is 3. The Morgan fingerprint density at radius 2 is 2.08 bits per heavy atom. The lowest BCUT2D eigenvalue weighted by molar-refractivity contribution is -0.913. The van der Waals surface area contributed by atoms with Gasteiger partial charge in [0.05, 0.1) is 23.5 Å². The van der Waals surface area contributed by atoms with Gasteiger partial charge in [0.2, 0.25) is 0 Å². The molecule has 1 aromatic heterocycles. The summed E-state index contributed by atoms with van der Waals surface area (Å²) >= 11 is 3.50. The molecule has 3 N–H and O–H groups in total. The topological polar surface area (TPSA) is 45.6 Å². The quantitative estimate of drug-likeness (QED) is 0.736. The van der Waals surface area contributed by atoms with Crippen molar-refractivity contribution in [1.82, 2.24) is 5.32 Å². The van der Waals surface area contributed by atoms with Gasteiger partial charge in [-0.15, -0.1) is 23.1 Å². The highest BCUT2D eigenvalue weighted by atomic mass is 32.2. The number of likely N-dealkylation sites (N-methyl/N-ethyl adjacent to an activating group) is 1. The van der Waals surface area contributed by atoms with E-state index in [9.17, 15) is 4.79 Å². The second-order valence-corrected chi connectivity index (χ2v) is 8.30. The van der Waals surface area contributed by atoms with Gasteiger partial charge in [-0.25, -0.2) is 0 Å². The summed E-state index contributed by atoms with van der Waals surface area (Å²) in [6, 6.07) is 8.38. The number of anilines is 1. The number of benzene rings is 1. The smallest absolute Gasteiger partial charge is 0.256 e. The van der Waals surface area contributed by atoms with Crippen LogP contribution in [0, 0.1) is 0 Å². The number of hydrogen-bond donors (Lipinski definition) is 3. The van der Waals surface area contributed by atoms with Crippen molar-refractivity contribution in [1.29, 1.82) is 0 Å². The monoisotopic (exact) mass is 360 g/mol. The van der Waals surface area contributed by atoms with Crippen molar-refractivity contribution in [3.05, 3.63) is 45.8 Å². The average Bonchev–Trinajstić information content (AvgIpc) is 2.99. The predicted octanol–water partition coefficient (Wildman–Crippen LogP) is 2.29. The fraction of sp³-hybridized carbons (Fsp3) is 0.389. The molecule has 4 rings (SSSR count). The predicted molar refractivity (Wildman–Crippen MR) is 100 cm³/mol. The van der Waals surface area contributed by atoms with Gasteiger partial charge < -0.3 is 15.5 Å². The maximum absolute atomic E-state index is 12.7. The zero-order chi connectivity index (χ0) is 16.7. The Morgan fingerprint density at radius 3 is 2.79 bits per heavy atom. The number of carbonyl (C=O) groups excluding carboxylic acids is 1. The Hall–Kier alpha value is -1.50. The minimum absolute atomic E-state index is 0.0696. The number of hydrogen-bond acceptors (Lipinski definition) is 4. The lowest BCUT2D eigenvalue weighted by Gasteiger charge is -2.27. The number of thioether (sulfide) groups is 1. The first kappa shape index (κ1) is 16.0. The lowest BCUT2D eigenvalue weighted by Crippen LogP contribution is -3.11. The second-order valence-electron chi connectivity index (χ2n) is 6.31. The van der Waals surface area contributed by atoms with Crippen molar-refractivity contribution < 1.29 is 9.69 Å². The molecule has 1 amide bonds. The molecule has 0 saturated carbocycles. The molecule has 0 bridgehead atoms. The summed E-state index contributed by atoms with van der Waals surface area (Å²) in [7, 11) is 0. The molecule has 4 nitrogen and oxygen atoms in total. The normalized spacial score (nSPS) is 22.3.